The molecule has 2 aromatic carbocycles. The van der Waals surface area contributed by atoms with Gasteiger partial charge in [-0.3, -0.25) is 0 Å². The summed E-state index contributed by atoms with van der Waals surface area (Å²) in [7, 11) is 0. The largest absolute Gasteiger partial charge is 0.387 e. The van der Waals surface area contributed by atoms with Gasteiger partial charge in [-0.2, -0.15) is 0 Å². The molecule has 0 radical (unpaired) electrons. The van der Waals surface area contributed by atoms with Crippen LogP contribution in [0.5, 0.6) is 0 Å². The van der Waals surface area contributed by atoms with Crippen molar-refractivity contribution in [3.63, 3.8) is 0 Å². The summed E-state index contributed by atoms with van der Waals surface area (Å²) in [6.45, 7) is 1.19. The Hall–Kier alpha value is -1.76. The second-order valence-electron chi connectivity index (χ2n) is 6.39. The van der Waals surface area contributed by atoms with Gasteiger partial charge in [-0.1, -0.05) is 60.7 Å². The van der Waals surface area contributed by atoms with Crippen molar-refractivity contribution in [2.45, 2.75) is 43.9 Å². The normalized spacial score (nSPS) is 31.2. The molecule has 2 bridgehead atoms. The minimum absolute atomic E-state index is 0.359. The first-order chi connectivity index (χ1) is 12.3. The molecule has 2 saturated heterocycles. The van der Waals surface area contributed by atoms with E-state index in [1.807, 2.05) is 60.7 Å². The minimum atomic E-state index is -0.775. The van der Waals surface area contributed by atoms with Gasteiger partial charge in [0.1, 0.15) is 24.4 Å². The molecule has 2 aliphatic heterocycles. The number of aliphatic hydroxyl groups excluding tert-OH is 1. The third kappa shape index (κ3) is 3.76. The molecule has 0 aliphatic carbocycles. The molecule has 5 atom stereocenters. The van der Waals surface area contributed by atoms with Crippen molar-refractivity contribution in [2.75, 3.05) is 6.61 Å². The van der Waals surface area contributed by atoms with Crippen LogP contribution in [0.1, 0.15) is 11.1 Å². The Morgan fingerprint density at radius 1 is 0.840 bits per heavy atom. The number of hydrogen-bond donors (Lipinski definition) is 1. The Morgan fingerprint density at radius 2 is 1.40 bits per heavy atom. The van der Waals surface area contributed by atoms with Crippen LogP contribution in [-0.2, 0) is 32.2 Å². The summed E-state index contributed by atoms with van der Waals surface area (Å²) in [5, 5.41) is 10.6. The SMILES string of the molecule is OC1C2COC(O2)[C@H](OCc2ccccc2)[C@H]1OCc1ccccc1. The van der Waals surface area contributed by atoms with E-state index < -0.39 is 24.6 Å². The number of rotatable bonds is 6. The zero-order valence-electron chi connectivity index (χ0n) is 13.9. The zero-order valence-corrected chi connectivity index (χ0v) is 13.9. The molecule has 25 heavy (non-hydrogen) atoms. The fourth-order valence-electron chi connectivity index (χ4n) is 3.25. The molecular weight excluding hydrogens is 320 g/mol. The van der Waals surface area contributed by atoms with E-state index in [-0.39, 0.29) is 6.10 Å². The van der Waals surface area contributed by atoms with Crippen molar-refractivity contribution in [3.8, 4) is 0 Å². The highest BCUT2D eigenvalue weighted by molar-refractivity contribution is 5.14. The molecule has 0 amide bonds. The topological polar surface area (TPSA) is 57.2 Å². The van der Waals surface area contributed by atoms with E-state index in [1.54, 1.807) is 0 Å². The molecule has 2 aliphatic rings. The Balaban J connectivity index is 1.45. The number of benzene rings is 2. The summed E-state index contributed by atoms with van der Waals surface area (Å²) in [6.07, 6.45) is -2.60. The smallest absolute Gasteiger partial charge is 0.187 e. The zero-order chi connectivity index (χ0) is 17.1. The lowest BCUT2D eigenvalue weighted by molar-refractivity contribution is -0.258. The maximum Gasteiger partial charge on any atom is 0.187 e. The molecule has 4 rings (SSSR count). The van der Waals surface area contributed by atoms with Gasteiger partial charge in [0, 0.05) is 0 Å². The average molecular weight is 342 g/mol. The van der Waals surface area contributed by atoms with Crippen LogP contribution >= 0.6 is 0 Å². The Morgan fingerprint density at radius 3 is 2.00 bits per heavy atom. The number of hydrogen-bond acceptors (Lipinski definition) is 5. The summed E-state index contributed by atoms with van der Waals surface area (Å²) >= 11 is 0. The van der Waals surface area contributed by atoms with Crippen LogP contribution in [0.15, 0.2) is 60.7 Å². The second kappa shape index (κ2) is 7.64. The van der Waals surface area contributed by atoms with Crippen molar-refractivity contribution in [2.24, 2.45) is 0 Å². The molecule has 132 valence electrons. The Kier molecular flexibility index (Phi) is 5.10. The van der Waals surface area contributed by atoms with E-state index in [1.165, 1.54) is 0 Å². The minimum Gasteiger partial charge on any atom is -0.387 e. The summed E-state index contributed by atoms with van der Waals surface area (Å²) in [6, 6.07) is 19.8. The third-order valence-electron chi connectivity index (χ3n) is 4.61. The van der Waals surface area contributed by atoms with Crippen LogP contribution in [0.4, 0.5) is 0 Å². The van der Waals surface area contributed by atoms with Gasteiger partial charge in [0.25, 0.3) is 0 Å². The van der Waals surface area contributed by atoms with Gasteiger partial charge in [-0.05, 0) is 11.1 Å². The van der Waals surface area contributed by atoms with Gasteiger partial charge in [-0.15, -0.1) is 0 Å². The standard InChI is InChI=1S/C20H22O5/c21-17-16-13-24-20(25-16)19(23-12-15-9-5-2-6-10-15)18(17)22-11-14-7-3-1-4-8-14/h1-10,16-21H,11-13H2/t16?,17?,18-,19+,20?/m0/s1. The van der Waals surface area contributed by atoms with Gasteiger partial charge in [0.05, 0.1) is 19.8 Å². The lowest BCUT2D eigenvalue weighted by atomic mass is 10.0. The quantitative estimate of drug-likeness (QED) is 0.873. The van der Waals surface area contributed by atoms with E-state index >= 15 is 0 Å². The van der Waals surface area contributed by atoms with Crippen LogP contribution < -0.4 is 0 Å². The number of ether oxygens (including phenoxy) is 4. The van der Waals surface area contributed by atoms with Crippen LogP contribution in [0.3, 0.4) is 0 Å². The lowest BCUT2D eigenvalue weighted by Gasteiger charge is -2.38. The van der Waals surface area contributed by atoms with Gasteiger partial charge in [-0.25, -0.2) is 0 Å². The first-order valence-electron chi connectivity index (χ1n) is 8.57. The van der Waals surface area contributed by atoms with Crippen LogP contribution in [0, 0.1) is 0 Å². The van der Waals surface area contributed by atoms with E-state index in [9.17, 15) is 5.11 Å². The monoisotopic (exact) mass is 342 g/mol. The van der Waals surface area contributed by atoms with Gasteiger partial charge in [0.2, 0.25) is 0 Å². The highest BCUT2D eigenvalue weighted by atomic mass is 16.8. The molecule has 5 heteroatoms. The Labute approximate surface area is 147 Å². The summed E-state index contributed by atoms with van der Waals surface area (Å²) < 4.78 is 23.4. The molecule has 1 N–H and O–H groups in total. The number of fused-ring (bicyclic) bond motifs is 2. The van der Waals surface area contributed by atoms with Crippen molar-refractivity contribution in [3.05, 3.63) is 71.8 Å². The highest BCUT2D eigenvalue weighted by Gasteiger charge is 2.51. The van der Waals surface area contributed by atoms with E-state index in [0.29, 0.717) is 19.8 Å². The Bertz CT molecular complexity index is 619. The average Bonchev–Trinajstić information content (AvgIpc) is 3.11. The van der Waals surface area contributed by atoms with Gasteiger partial charge >= 0.3 is 0 Å². The van der Waals surface area contributed by atoms with Gasteiger partial charge < -0.3 is 24.1 Å². The molecule has 2 heterocycles. The molecule has 0 saturated carbocycles. The van der Waals surface area contributed by atoms with Crippen LogP contribution in [0.2, 0.25) is 0 Å². The molecule has 0 aromatic heterocycles. The van der Waals surface area contributed by atoms with E-state index in [4.69, 9.17) is 18.9 Å². The van der Waals surface area contributed by atoms with Crippen molar-refractivity contribution < 1.29 is 24.1 Å². The maximum absolute atomic E-state index is 10.6. The summed E-state index contributed by atoms with van der Waals surface area (Å²) in [5.41, 5.74) is 2.11. The maximum atomic E-state index is 10.6. The molecule has 5 nitrogen and oxygen atoms in total. The van der Waals surface area contributed by atoms with Crippen molar-refractivity contribution in [1.29, 1.82) is 0 Å². The van der Waals surface area contributed by atoms with Crippen LogP contribution in [-0.4, -0.2) is 42.4 Å². The van der Waals surface area contributed by atoms with E-state index in [0.717, 1.165) is 11.1 Å². The van der Waals surface area contributed by atoms with E-state index in [2.05, 4.69) is 0 Å². The lowest BCUT2D eigenvalue weighted by Crippen LogP contribution is -2.55. The fourth-order valence-corrected chi connectivity index (χ4v) is 3.25. The first kappa shape index (κ1) is 16.7. The molecule has 0 spiro atoms. The van der Waals surface area contributed by atoms with Gasteiger partial charge in [0.15, 0.2) is 6.29 Å². The number of aliphatic hydroxyl groups is 1. The first-order valence-corrected chi connectivity index (χ1v) is 8.57. The van der Waals surface area contributed by atoms with Crippen molar-refractivity contribution >= 4 is 0 Å². The predicted octanol–water partition coefficient (Wildman–Crippen LogP) is 2.27. The molecule has 2 fully saturated rings. The molecule has 2 aromatic rings. The van der Waals surface area contributed by atoms with Crippen LogP contribution in [0.25, 0.3) is 0 Å². The summed E-state index contributed by atoms with van der Waals surface area (Å²) in [4.78, 5) is 0. The fraction of sp³-hybridized carbons (Fsp3) is 0.400. The predicted molar refractivity (Wildman–Crippen MR) is 90.7 cm³/mol. The molecule has 3 unspecified atom stereocenters. The second-order valence-corrected chi connectivity index (χ2v) is 6.39. The molecular formula is C20H22O5. The summed E-state index contributed by atoms with van der Waals surface area (Å²) in [5.74, 6) is 0. The third-order valence-corrected chi connectivity index (χ3v) is 4.61. The van der Waals surface area contributed by atoms with Crippen molar-refractivity contribution in [1.82, 2.24) is 0 Å². The highest BCUT2D eigenvalue weighted by Crippen LogP contribution is 2.32.